The van der Waals surface area contributed by atoms with E-state index in [1.165, 1.54) is 12.1 Å². The molecule has 1 amide bonds. The molecule has 2 aromatic rings. The van der Waals surface area contributed by atoms with Crippen LogP contribution in [0.1, 0.15) is 26.3 Å². The summed E-state index contributed by atoms with van der Waals surface area (Å²) in [4.78, 5) is 23.5. The van der Waals surface area contributed by atoms with Crippen LogP contribution < -0.4 is 5.32 Å². The maximum absolute atomic E-state index is 12.3. The molecule has 0 aliphatic carbocycles. The largest absolute Gasteiger partial charge is 0.478 e. The predicted octanol–water partition coefficient (Wildman–Crippen LogP) is 4.47. The van der Waals surface area contributed by atoms with E-state index in [1.807, 2.05) is 19.1 Å². The normalized spacial score (nSPS) is 10.2. The van der Waals surface area contributed by atoms with Crippen molar-refractivity contribution in [2.24, 2.45) is 0 Å². The van der Waals surface area contributed by atoms with Crippen molar-refractivity contribution < 1.29 is 14.7 Å². The molecule has 0 bridgehead atoms. The first-order chi connectivity index (χ1) is 9.90. The van der Waals surface area contributed by atoms with E-state index in [9.17, 15) is 9.59 Å². The van der Waals surface area contributed by atoms with Gasteiger partial charge in [-0.3, -0.25) is 4.79 Å². The van der Waals surface area contributed by atoms with Gasteiger partial charge in [0, 0.05) is 8.95 Å². The van der Waals surface area contributed by atoms with E-state index in [1.54, 1.807) is 12.1 Å². The van der Waals surface area contributed by atoms with Gasteiger partial charge < -0.3 is 10.4 Å². The van der Waals surface area contributed by atoms with E-state index in [-0.39, 0.29) is 11.1 Å². The van der Waals surface area contributed by atoms with Crippen molar-refractivity contribution in [3.05, 3.63) is 62.0 Å². The lowest BCUT2D eigenvalue weighted by atomic mass is 10.1. The molecule has 0 atom stereocenters. The van der Waals surface area contributed by atoms with Crippen molar-refractivity contribution in [2.45, 2.75) is 6.92 Å². The van der Waals surface area contributed by atoms with E-state index in [0.29, 0.717) is 5.69 Å². The molecule has 2 rings (SSSR count). The molecule has 0 radical (unpaired) electrons. The number of carboxylic acids is 1. The molecule has 0 saturated heterocycles. The van der Waals surface area contributed by atoms with Crippen molar-refractivity contribution in [1.82, 2.24) is 0 Å². The Hall–Kier alpha value is -1.66. The molecular formula is C15H11Br2NO3. The molecule has 4 nitrogen and oxygen atoms in total. The number of halogens is 2. The van der Waals surface area contributed by atoms with Crippen molar-refractivity contribution in [1.29, 1.82) is 0 Å². The fraction of sp³-hybridized carbons (Fsp3) is 0.0667. The molecule has 0 unspecified atom stereocenters. The van der Waals surface area contributed by atoms with Gasteiger partial charge in [0.1, 0.15) is 0 Å². The summed E-state index contributed by atoms with van der Waals surface area (Å²) in [6.45, 7) is 1.93. The Labute approximate surface area is 138 Å². The quantitative estimate of drug-likeness (QED) is 0.781. The topological polar surface area (TPSA) is 66.4 Å². The second kappa shape index (κ2) is 6.41. The predicted molar refractivity (Wildman–Crippen MR) is 87.9 cm³/mol. The van der Waals surface area contributed by atoms with Gasteiger partial charge in [-0.05, 0) is 68.6 Å². The van der Waals surface area contributed by atoms with E-state index in [4.69, 9.17) is 5.11 Å². The van der Waals surface area contributed by atoms with E-state index in [2.05, 4.69) is 37.2 Å². The van der Waals surface area contributed by atoms with Crippen LogP contribution in [0.4, 0.5) is 5.69 Å². The minimum atomic E-state index is -1.14. The molecule has 0 aliphatic heterocycles. The molecule has 21 heavy (non-hydrogen) atoms. The fourth-order valence-electron chi connectivity index (χ4n) is 1.87. The Balaban J connectivity index is 2.38. The minimum Gasteiger partial charge on any atom is -0.478 e. The summed E-state index contributed by atoms with van der Waals surface area (Å²) in [7, 11) is 0. The number of carboxylic acid groups (broad SMARTS) is 1. The van der Waals surface area contributed by atoms with Crippen LogP contribution in [0.15, 0.2) is 45.3 Å². The molecule has 0 aromatic heterocycles. The summed E-state index contributed by atoms with van der Waals surface area (Å²) in [6.07, 6.45) is 0. The molecule has 0 aliphatic rings. The van der Waals surface area contributed by atoms with Crippen LogP contribution in [0.2, 0.25) is 0 Å². The lowest BCUT2D eigenvalue weighted by molar-refractivity contribution is 0.0692. The molecule has 108 valence electrons. The fourth-order valence-corrected chi connectivity index (χ4v) is 3.48. The first-order valence-corrected chi connectivity index (χ1v) is 7.58. The molecule has 0 fully saturated rings. The summed E-state index contributed by atoms with van der Waals surface area (Å²) in [6, 6.07) is 9.82. The Bertz CT molecular complexity index is 706. The Morgan fingerprint density at radius 3 is 2.10 bits per heavy atom. The van der Waals surface area contributed by atoms with Crippen LogP contribution in [0.25, 0.3) is 0 Å². The van der Waals surface area contributed by atoms with Crippen molar-refractivity contribution in [2.75, 3.05) is 5.32 Å². The third kappa shape index (κ3) is 3.51. The van der Waals surface area contributed by atoms with Crippen LogP contribution >= 0.6 is 31.9 Å². The molecule has 0 heterocycles. The first kappa shape index (κ1) is 15.7. The van der Waals surface area contributed by atoms with Crippen LogP contribution in [0.5, 0.6) is 0 Å². The number of aryl methyl sites for hydroxylation is 1. The molecule has 2 N–H and O–H groups in total. The third-order valence-electron chi connectivity index (χ3n) is 2.83. The van der Waals surface area contributed by atoms with Gasteiger partial charge in [-0.2, -0.15) is 0 Å². The van der Waals surface area contributed by atoms with Gasteiger partial charge in [0.25, 0.3) is 5.91 Å². The van der Waals surface area contributed by atoms with Gasteiger partial charge in [-0.15, -0.1) is 0 Å². The van der Waals surface area contributed by atoms with Crippen molar-refractivity contribution >= 4 is 49.4 Å². The number of nitrogens with one attached hydrogen (secondary N) is 1. The molecule has 0 spiro atoms. The Morgan fingerprint density at radius 2 is 1.57 bits per heavy atom. The second-order valence-electron chi connectivity index (χ2n) is 4.41. The van der Waals surface area contributed by atoms with Gasteiger partial charge in [0.05, 0.1) is 16.8 Å². The number of amides is 1. The van der Waals surface area contributed by atoms with Gasteiger partial charge in [-0.25, -0.2) is 4.79 Å². The van der Waals surface area contributed by atoms with Gasteiger partial charge in [-0.1, -0.05) is 12.1 Å². The SMILES string of the molecule is Cc1cc(Br)c(NC(=O)c2ccccc2C(=O)O)c(Br)c1. The van der Waals surface area contributed by atoms with Crippen LogP contribution in [-0.4, -0.2) is 17.0 Å². The van der Waals surface area contributed by atoms with Gasteiger partial charge in [0.2, 0.25) is 0 Å². The average Bonchev–Trinajstić information content (AvgIpc) is 2.42. The number of rotatable bonds is 3. The number of aromatic carboxylic acids is 1. The minimum absolute atomic E-state index is 0.0330. The number of benzene rings is 2. The number of hydrogen-bond acceptors (Lipinski definition) is 2. The summed E-state index contributed by atoms with van der Waals surface area (Å²) >= 11 is 6.77. The lowest BCUT2D eigenvalue weighted by Crippen LogP contribution is -2.17. The lowest BCUT2D eigenvalue weighted by Gasteiger charge is -2.12. The second-order valence-corrected chi connectivity index (χ2v) is 6.12. The van der Waals surface area contributed by atoms with Gasteiger partial charge in [0.15, 0.2) is 0 Å². The number of carbonyl (C=O) groups excluding carboxylic acids is 1. The molecule has 6 heteroatoms. The molecular weight excluding hydrogens is 402 g/mol. The summed E-state index contributed by atoms with van der Waals surface area (Å²) < 4.78 is 1.44. The zero-order valence-corrected chi connectivity index (χ0v) is 14.2. The first-order valence-electron chi connectivity index (χ1n) is 5.99. The highest BCUT2D eigenvalue weighted by atomic mass is 79.9. The summed E-state index contributed by atoms with van der Waals surface area (Å²) in [5.74, 6) is -1.61. The highest BCUT2D eigenvalue weighted by Crippen LogP contribution is 2.32. The molecule has 2 aromatic carbocycles. The smallest absolute Gasteiger partial charge is 0.336 e. The zero-order valence-electron chi connectivity index (χ0n) is 11.0. The van der Waals surface area contributed by atoms with Crippen molar-refractivity contribution in [3.8, 4) is 0 Å². The summed E-state index contributed by atoms with van der Waals surface area (Å²) in [5, 5.41) is 11.8. The standard InChI is InChI=1S/C15H11Br2NO3/c1-8-6-11(16)13(12(17)7-8)18-14(19)9-4-2-3-5-10(9)15(20)21/h2-7H,1H3,(H,18,19)(H,20,21). The monoisotopic (exact) mass is 411 g/mol. The van der Waals surface area contributed by atoms with E-state index in [0.717, 1.165) is 14.5 Å². The van der Waals surface area contributed by atoms with Gasteiger partial charge >= 0.3 is 5.97 Å². The number of carbonyl (C=O) groups is 2. The zero-order chi connectivity index (χ0) is 15.6. The highest BCUT2D eigenvalue weighted by Gasteiger charge is 2.17. The third-order valence-corrected chi connectivity index (χ3v) is 4.08. The van der Waals surface area contributed by atoms with E-state index < -0.39 is 11.9 Å². The number of anilines is 1. The maximum atomic E-state index is 12.3. The maximum Gasteiger partial charge on any atom is 0.336 e. The Kier molecular flexibility index (Phi) is 4.80. The van der Waals surface area contributed by atoms with Crippen molar-refractivity contribution in [3.63, 3.8) is 0 Å². The molecule has 0 saturated carbocycles. The Morgan fingerprint density at radius 1 is 1.05 bits per heavy atom. The average molecular weight is 413 g/mol. The van der Waals surface area contributed by atoms with Crippen LogP contribution in [0.3, 0.4) is 0 Å². The van der Waals surface area contributed by atoms with Crippen LogP contribution in [-0.2, 0) is 0 Å². The highest BCUT2D eigenvalue weighted by molar-refractivity contribution is 9.11. The summed E-state index contributed by atoms with van der Waals surface area (Å²) in [5.41, 5.74) is 1.67. The number of hydrogen-bond donors (Lipinski definition) is 2. The van der Waals surface area contributed by atoms with E-state index >= 15 is 0 Å². The van der Waals surface area contributed by atoms with Crippen LogP contribution in [0, 0.1) is 6.92 Å².